The molecule has 23 heavy (non-hydrogen) atoms. The lowest BCUT2D eigenvalue weighted by Crippen LogP contribution is -2.37. The molecule has 3 heterocycles. The maximum atomic E-state index is 12.4. The lowest BCUT2D eigenvalue weighted by Gasteiger charge is -2.29. The van der Waals surface area contributed by atoms with Crippen LogP contribution in [0.5, 0.6) is 0 Å². The molecule has 2 aromatic rings. The maximum absolute atomic E-state index is 12.4. The average molecular weight is 342 g/mol. The zero-order valence-corrected chi connectivity index (χ0v) is 13.5. The monoisotopic (exact) mass is 342 g/mol. The quantitative estimate of drug-likeness (QED) is 0.583. The van der Waals surface area contributed by atoms with E-state index in [0.717, 1.165) is 11.3 Å². The Morgan fingerprint density at radius 2 is 2.22 bits per heavy atom. The Morgan fingerprint density at radius 1 is 1.52 bits per heavy atom. The maximum Gasteiger partial charge on any atom is 0.311 e. The highest BCUT2D eigenvalue weighted by Gasteiger charge is 2.45. The van der Waals surface area contributed by atoms with Crippen molar-refractivity contribution in [1.82, 2.24) is 14.5 Å². The number of fused-ring (bicyclic) bond motifs is 1. The lowest BCUT2D eigenvalue weighted by atomic mass is 9.87. The molecule has 0 radical (unpaired) electrons. The molecule has 0 aromatic carbocycles. The van der Waals surface area contributed by atoms with Gasteiger partial charge in [0.15, 0.2) is 5.65 Å². The molecule has 3 atom stereocenters. The van der Waals surface area contributed by atoms with Gasteiger partial charge in [-0.3, -0.25) is 19.1 Å². The van der Waals surface area contributed by atoms with Crippen molar-refractivity contribution in [2.45, 2.75) is 38.2 Å². The summed E-state index contributed by atoms with van der Waals surface area (Å²) in [5.41, 5.74) is 4.05. The summed E-state index contributed by atoms with van der Waals surface area (Å²) in [7, 11) is 0. The minimum Gasteiger partial charge on any atom is -0.394 e. The first-order chi connectivity index (χ1) is 10.7. The number of aliphatic hydroxyl groups is 2. The Hall–Kier alpha value is -1.75. The Morgan fingerprint density at radius 3 is 2.83 bits per heavy atom. The van der Waals surface area contributed by atoms with Crippen molar-refractivity contribution in [3.8, 4) is 0 Å². The van der Waals surface area contributed by atoms with Crippen molar-refractivity contribution in [1.29, 1.82) is 0 Å². The number of thiazole rings is 1. The smallest absolute Gasteiger partial charge is 0.311 e. The second-order valence-corrected chi connectivity index (χ2v) is 7.13. The van der Waals surface area contributed by atoms with Gasteiger partial charge in [-0.1, -0.05) is 11.3 Å². The molecule has 0 spiro atoms. The number of ether oxygens (including phenoxy) is 1. The van der Waals surface area contributed by atoms with E-state index in [9.17, 15) is 19.8 Å². The fraction of sp³-hybridized carbons (Fsp3) is 0.615. The zero-order valence-electron chi connectivity index (χ0n) is 12.6. The molecule has 1 aliphatic heterocycles. The molecule has 2 aromatic heterocycles. The zero-order chi connectivity index (χ0) is 16.9. The average Bonchev–Trinajstić information content (AvgIpc) is 2.99. The number of aromatic amines is 1. The van der Waals surface area contributed by atoms with Gasteiger partial charge in [0.25, 0.3) is 5.56 Å². The molecule has 9 nitrogen and oxygen atoms in total. The summed E-state index contributed by atoms with van der Waals surface area (Å²) in [5, 5.41) is 19.7. The van der Waals surface area contributed by atoms with Gasteiger partial charge in [0.05, 0.1) is 18.3 Å². The molecule has 0 bridgehead atoms. The van der Waals surface area contributed by atoms with Crippen LogP contribution in [0.4, 0.5) is 5.95 Å². The summed E-state index contributed by atoms with van der Waals surface area (Å²) in [5.74, 6) is -0.553. The SMILES string of the molecule is CC(C)(O)C1CC(CO)OC1n1c(=O)sc2c(=O)[nH]c(N)nc21. The molecule has 1 saturated heterocycles. The van der Waals surface area contributed by atoms with Crippen molar-refractivity contribution >= 4 is 27.6 Å². The molecular formula is C13H18N4O5S. The second-order valence-electron chi connectivity index (χ2n) is 6.17. The van der Waals surface area contributed by atoms with Crippen LogP contribution in [-0.4, -0.2) is 43.1 Å². The van der Waals surface area contributed by atoms with E-state index >= 15 is 0 Å². The first-order valence-corrected chi connectivity index (χ1v) is 7.93. The summed E-state index contributed by atoms with van der Waals surface area (Å²) in [6.45, 7) is 3.00. The van der Waals surface area contributed by atoms with Gasteiger partial charge in [0, 0.05) is 5.92 Å². The summed E-state index contributed by atoms with van der Waals surface area (Å²) < 4.78 is 7.12. The predicted molar refractivity (Wildman–Crippen MR) is 84.3 cm³/mol. The van der Waals surface area contributed by atoms with Crippen LogP contribution in [0.15, 0.2) is 9.59 Å². The first kappa shape index (κ1) is 16.1. The molecule has 0 saturated carbocycles. The number of anilines is 1. The summed E-state index contributed by atoms with van der Waals surface area (Å²) in [6.07, 6.45) is -0.952. The van der Waals surface area contributed by atoms with Crippen LogP contribution in [0.3, 0.4) is 0 Å². The van der Waals surface area contributed by atoms with E-state index in [1.165, 1.54) is 4.57 Å². The Bertz CT molecular complexity index is 849. The number of aliphatic hydroxyl groups excluding tert-OH is 1. The number of nitrogens with zero attached hydrogens (tertiary/aromatic N) is 2. The molecular weight excluding hydrogens is 324 g/mol. The highest BCUT2D eigenvalue weighted by molar-refractivity contribution is 7.16. The molecule has 0 aliphatic carbocycles. The molecule has 3 rings (SSSR count). The molecule has 1 aliphatic rings. The normalized spacial score (nSPS) is 25.3. The van der Waals surface area contributed by atoms with Crippen LogP contribution in [0.1, 0.15) is 26.5 Å². The third-order valence-corrected chi connectivity index (χ3v) is 4.99. The van der Waals surface area contributed by atoms with Crippen LogP contribution in [-0.2, 0) is 4.74 Å². The van der Waals surface area contributed by atoms with Crippen LogP contribution < -0.4 is 16.2 Å². The Labute approximate surface area is 134 Å². The number of hydrogen-bond acceptors (Lipinski definition) is 8. The summed E-state index contributed by atoms with van der Waals surface area (Å²) in [6, 6.07) is 0. The number of nitrogen functional groups attached to an aromatic ring is 1. The molecule has 1 fully saturated rings. The second kappa shape index (κ2) is 5.41. The van der Waals surface area contributed by atoms with E-state index < -0.39 is 34.3 Å². The molecule has 5 N–H and O–H groups in total. The van der Waals surface area contributed by atoms with Crippen molar-refractivity contribution in [2.75, 3.05) is 12.3 Å². The number of hydrogen-bond donors (Lipinski definition) is 4. The van der Waals surface area contributed by atoms with Crippen molar-refractivity contribution in [3.05, 3.63) is 20.0 Å². The topological polar surface area (TPSA) is 143 Å². The van der Waals surface area contributed by atoms with Gasteiger partial charge in [-0.15, -0.1) is 0 Å². The van der Waals surface area contributed by atoms with Gasteiger partial charge in [-0.2, -0.15) is 4.98 Å². The van der Waals surface area contributed by atoms with Gasteiger partial charge in [-0.25, -0.2) is 0 Å². The molecule has 3 unspecified atom stereocenters. The van der Waals surface area contributed by atoms with Crippen LogP contribution in [0.25, 0.3) is 10.3 Å². The predicted octanol–water partition coefficient (Wildman–Crippen LogP) is -0.605. The summed E-state index contributed by atoms with van der Waals surface area (Å²) in [4.78, 5) is 30.3. The van der Waals surface area contributed by atoms with Crippen LogP contribution >= 0.6 is 11.3 Å². The van der Waals surface area contributed by atoms with Gasteiger partial charge in [0.1, 0.15) is 10.9 Å². The highest BCUT2D eigenvalue weighted by Crippen LogP contribution is 2.41. The fourth-order valence-electron chi connectivity index (χ4n) is 2.91. The van der Waals surface area contributed by atoms with Crippen LogP contribution in [0, 0.1) is 5.92 Å². The van der Waals surface area contributed by atoms with E-state index in [0.29, 0.717) is 6.42 Å². The van der Waals surface area contributed by atoms with Gasteiger partial charge in [-0.05, 0) is 20.3 Å². The Balaban J connectivity index is 2.20. The van der Waals surface area contributed by atoms with Crippen molar-refractivity contribution in [3.63, 3.8) is 0 Å². The number of nitrogens with one attached hydrogen (secondary N) is 1. The first-order valence-electron chi connectivity index (χ1n) is 7.12. The number of nitrogens with two attached hydrogens (primary N) is 1. The molecule has 0 amide bonds. The third-order valence-electron chi connectivity index (χ3n) is 4.05. The lowest BCUT2D eigenvalue weighted by molar-refractivity contribution is -0.0723. The highest BCUT2D eigenvalue weighted by atomic mass is 32.1. The van der Waals surface area contributed by atoms with E-state index in [1.807, 2.05) is 0 Å². The standard InChI is InChI=1S/C13H18N4O5S/c1-13(2,21)6-3-5(4-18)22-10(6)17-8-7(23-12(17)20)9(19)16-11(14)15-8/h5-6,10,18,21H,3-4H2,1-2H3,(H3,14,15,16,19). The number of aromatic nitrogens is 3. The van der Waals surface area contributed by atoms with Gasteiger partial charge < -0.3 is 20.7 Å². The van der Waals surface area contributed by atoms with E-state index in [4.69, 9.17) is 10.5 Å². The Kier molecular flexibility index (Phi) is 3.79. The van der Waals surface area contributed by atoms with E-state index in [1.54, 1.807) is 13.8 Å². The van der Waals surface area contributed by atoms with Crippen molar-refractivity contribution < 1.29 is 14.9 Å². The third kappa shape index (κ3) is 2.67. The van der Waals surface area contributed by atoms with Gasteiger partial charge >= 0.3 is 4.87 Å². The van der Waals surface area contributed by atoms with Crippen molar-refractivity contribution in [2.24, 2.45) is 5.92 Å². The fourth-order valence-corrected chi connectivity index (χ4v) is 3.76. The molecule has 126 valence electrons. The minimum atomic E-state index is -1.14. The molecule has 10 heteroatoms. The minimum absolute atomic E-state index is 0.106. The summed E-state index contributed by atoms with van der Waals surface area (Å²) >= 11 is 0.744. The van der Waals surface area contributed by atoms with E-state index in [-0.39, 0.29) is 22.9 Å². The van der Waals surface area contributed by atoms with E-state index in [2.05, 4.69) is 9.97 Å². The number of H-pyrrole nitrogens is 1. The van der Waals surface area contributed by atoms with Gasteiger partial charge in [0.2, 0.25) is 5.95 Å². The number of rotatable bonds is 3. The van der Waals surface area contributed by atoms with Crippen LogP contribution in [0.2, 0.25) is 0 Å². The largest absolute Gasteiger partial charge is 0.394 e.